The minimum Gasteiger partial charge on any atom is -0.481 e. The maximum Gasteiger partial charge on any atom is 0.303 e. The van der Waals surface area contributed by atoms with Crippen molar-refractivity contribution < 1.29 is 14.7 Å². The molecule has 0 radical (unpaired) electrons. The quantitative estimate of drug-likeness (QED) is 0.922. The Morgan fingerprint density at radius 1 is 1.47 bits per heavy atom. The molecule has 1 aromatic heterocycles. The van der Waals surface area contributed by atoms with Crippen LogP contribution in [0.3, 0.4) is 0 Å². The summed E-state index contributed by atoms with van der Waals surface area (Å²) in [5.74, 6) is -0.827. The summed E-state index contributed by atoms with van der Waals surface area (Å²) in [6.45, 7) is 4.98. The maximum absolute atomic E-state index is 12.3. The third-order valence-corrected chi connectivity index (χ3v) is 3.51. The van der Waals surface area contributed by atoms with E-state index in [4.69, 9.17) is 16.7 Å². The molecule has 5 nitrogen and oxygen atoms in total. The first-order valence-electron chi connectivity index (χ1n) is 6.27. The van der Waals surface area contributed by atoms with E-state index in [1.807, 2.05) is 18.4 Å². The predicted molar refractivity (Wildman–Crippen MR) is 71.5 cm³/mol. The van der Waals surface area contributed by atoms with Crippen molar-refractivity contribution in [2.75, 3.05) is 13.1 Å². The van der Waals surface area contributed by atoms with Crippen LogP contribution in [0, 0.1) is 5.92 Å². The largest absolute Gasteiger partial charge is 0.481 e. The number of likely N-dealkylation sites (tertiary alicyclic amines) is 1. The molecule has 0 saturated carbocycles. The molecule has 0 spiro atoms. The molecule has 0 unspecified atom stereocenters. The van der Waals surface area contributed by atoms with Crippen LogP contribution < -0.4 is 0 Å². The number of carbonyl (C=O) groups is 2. The van der Waals surface area contributed by atoms with Crippen molar-refractivity contribution in [2.45, 2.75) is 26.3 Å². The first-order valence-corrected chi connectivity index (χ1v) is 6.64. The third kappa shape index (κ3) is 2.92. The van der Waals surface area contributed by atoms with Crippen molar-refractivity contribution in [3.8, 4) is 0 Å². The molecule has 1 aliphatic heterocycles. The van der Waals surface area contributed by atoms with E-state index >= 15 is 0 Å². The Morgan fingerprint density at radius 3 is 2.63 bits per heavy atom. The van der Waals surface area contributed by atoms with Crippen molar-refractivity contribution in [1.82, 2.24) is 9.47 Å². The number of hydrogen-bond donors (Lipinski definition) is 1. The number of carboxylic acids is 1. The Kier molecular flexibility index (Phi) is 3.85. The fourth-order valence-electron chi connectivity index (χ4n) is 2.32. The smallest absolute Gasteiger partial charge is 0.303 e. The monoisotopic (exact) mass is 284 g/mol. The summed E-state index contributed by atoms with van der Waals surface area (Å²) in [5, 5.41) is 9.23. The number of amides is 1. The fraction of sp³-hybridized carbons (Fsp3) is 0.538. The van der Waals surface area contributed by atoms with E-state index in [-0.39, 0.29) is 24.3 Å². The van der Waals surface area contributed by atoms with Gasteiger partial charge in [0.1, 0.15) is 5.69 Å². The molecule has 1 saturated heterocycles. The van der Waals surface area contributed by atoms with Gasteiger partial charge in [-0.25, -0.2) is 0 Å². The topological polar surface area (TPSA) is 62.5 Å². The molecule has 0 aliphatic carbocycles. The number of carbonyl (C=O) groups excluding carboxylic acids is 1. The summed E-state index contributed by atoms with van der Waals surface area (Å²) in [6.07, 6.45) is 1.86. The molecular formula is C13H17ClN2O3. The van der Waals surface area contributed by atoms with Gasteiger partial charge in [-0.05, 0) is 19.9 Å². The second-order valence-corrected chi connectivity index (χ2v) is 5.66. The molecule has 0 atom stereocenters. The third-order valence-electron chi connectivity index (χ3n) is 3.30. The Labute approximate surface area is 116 Å². The molecule has 6 heteroatoms. The van der Waals surface area contributed by atoms with Crippen LogP contribution in [-0.2, 0) is 4.79 Å². The van der Waals surface area contributed by atoms with Crippen LogP contribution in [0.4, 0.5) is 0 Å². The second-order valence-electron chi connectivity index (χ2n) is 5.22. The fourth-order valence-corrected chi connectivity index (χ4v) is 2.53. The summed E-state index contributed by atoms with van der Waals surface area (Å²) < 4.78 is 1.84. The van der Waals surface area contributed by atoms with E-state index in [0.29, 0.717) is 23.8 Å². The SMILES string of the molecule is CC(C)n1cc(Cl)cc1C(=O)N1CC(CC(=O)O)C1. The van der Waals surface area contributed by atoms with E-state index < -0.39 is 5.97 Å². The molecule has 2 rings (SSSR count). The summed E-state index contributed by atoms with van der Waals surface area (Å²) in [4.78, 5) is 24.5. The lowest BCUT2D eigenvalue weighted by atomic mass is 9.96. The lowest BCUT2D eigenvalue weighted by Crippen LogP contribution is -2.51. The zero-order chi connectivity index (χ0) is 14.2. The van der Waals surface area contributed by atoms with Crippen molar-refractivity contribution >= 4 is 23.5 Å². The van der Waals surface area contributed by atoms with E-state index in [0.717, 1.165) is 0 Å². The molecule has 1 aromatic rings. The van der Waals surface area contributed by atoms with Gasteiger partial charge in [0, 0.05) is 31.2 Å². The molecule has 104 valence electrons. The molecule has 0 aromatic carbocycles. The van der Waals surface area contributed by atoms with Gasteiger partial charge < -0.3 is 14.6 Å². The second kappa shape index (κ2) is 5.25. The van der Waals surface area contributed by atoms with Gasteiger partial charge in [0.25, 0.3) is 5.91 Å². The van der Waals surface area contributed by atoms with Crippen LogP contribution in [0.2, 0.25) is 5.02 Å². The molecule has 2 heterocycles. The summed E-state index contributed by atoms with van der Waals surface area (Å²) >= 11 is 5.95. The number of halogens is 1. The predicted octanol–water partition coefficient (Wildman–Crippen LogP) is 2.27. The van der Waals surface area contributed by atoms with E-state index in [2.05, 4.69) is 0 Å². The van der Waals surface area contributed by atoms with Crippen LogP contribution in [0.1, 0.15) is 36.8 Å². The van der Waals surface area contributed by atoms with Crippen LogP contribution in [0.15, 0.2) is 12.3 Å². The van der Waals surface area contributed by atoms with Gasteiger partial charge in [-0.2, -0.15) is 0 Å². The highest BCUT2D eigenvalue weighted by molar-refractivity contribution is 6.31. The minimum atomic E-state index is -0.814. The van der Waals surface area contributed by atoms with Gasteiger partial charge in [-0.1, -0.05) is 11.6 Å². The molecule has 0 bridgehead atoms. The Morgan fingerprint density at radius 2 is 2.11 bits per heavy atom. The number of rotatable bonds is 4. The highest BCUT2D eigenvalue weighted by Gasteiger charge is 2.33. The van der Waals surface area contributed by atoms with Crippen LogP contribution in [0.25, 0.3) is 0 Å². The number of carboxylic acid groups (broad SMARTS) is 1. The standard InChI is InChI=1S/C13H17ClN2O3/c1-8(2)16-7-10(14)4-11(16)13(19)15-5-9(6-15)3-12(17)18/h4,7-9H,3,5-6H2,1-2H3,(H,17,18). The van der Waals surface area contributed by atoms with Gasteiger partial charge in [-0.3, -0.25) is 9.59 Å². The first kappa shape index (κ1) is 13.9. The van der Waals surface area contributed by atoms with Crippen molar-refractivity contribution in [3.63, 3.8) is 0 Å². The normalized spacial score (nSPS) is 15.7. The Balaban J connectivity index is 2.04. The molecular weight excluding hydrogens is 268 g/mol. The summed E-state index contributed by atoms with van der Waals surface area (Å²) in [7, 11) is 0. The minimum absolute atomic E-state index is 0.0689. The Bertz CT molecular complexity index is 504. The van der Waals surface area contributed by atoms with E-state index in [1.54, 1.807) is 17.2 Å². The van der Waals surface area contributed by atoms with Gasteiger partial charge in [0.2, 0.25) is 0 Å². The maximum atomic E-state index is 12.3. The Hall–Kier alpha value is -1.49. The summed E-state index contributed by atoms with van der Waals surface area (Å²) in [5.41, 5.74) is 0.564. The van der Waals surface area contributed by atoms with Crippen LogP contribution >= 0.6 is 11.6 Å². The number of aromatic nitrogens is 1. The first-order chi connectivity index (χ1) is 8.88. The number of hydrogen-bond acceptors (Lipinski definition) is 2. The van der Waals surface area contributed by atoms with E-state index in [1.165, 1.54) is 0 Å². The zero-order valence-corrected chi connectivity index (χ0v) is 11.7. The average molecular weight is 285 g/mol. The highest BCUT2D eigenvalue weighted by Crippen LogP contribution is 2.25. The molecule has 1 aliphatic rings. The molecule has 19 heavy (non-hydrogen) atoms. The highest BCUT2D eigenvalue weighted by atomic mass is 35.5. The summed E-state index contributed by atoms with van der Waals surface area (Å²) in [6, 6.07) is 1.82. The van der Waals surface area contributed by atoms with Gasteiger partial charge in [0.15, 0.2) is 0 Å². The molecule has 1 fully saturated rings. The van der Waals surface area contributed by atoms with Crippen LogP contribution in [-0.4, -0.2) is 39.5 Å². The van der Waals surface area contributed by atoms with Gasteiger partial charge in [0.05, 0.1) is 11.4 Å². The lowest BCUT2D eigenvalue weighted by Gasteiger charge is -2.38. The number of aliphatic carboxylic acids is 1. The molecule has 1 amide bonds. The van der Waals surface area contributed by atoms with Crippen LogP contribution in [0.5, 0.6) is 0 Å². The number of nitrogens with zero attached hydrogens (tertiary/aromatic N) is 2. The average Bonchev–Trinajstić information content (AvgIpc) is 2.64. The zero-order valence-electron chi connectivity index (χ0n) is 11.0. The van der Waals surface area contributed by atoms with Crippen molar-refractivity contribution in [1.29, 1.82) is 0 Å². The lowest BCUT2D eigenvalue weighted by molar-refractivity contribution is -0.139. The molecule has 1 N–H and O–H groups in total. The van der Waals surface area contributed by atoms with Crippen molar-refractivity contribution in [2.24, 2.45) is 5.92 Å². The van der Waals surface area contributed by atoms with Gasteiger partial charge >= 0.3 is 5.97 Å². The van der Waals surface area contributed by atoms with E-state index in [9.17, 15) is 9.59 Å². The van der Waals surface area contributed by atoms with Gasteiger partial charge in [-0.15, -0.1) is 0 Å². The van der Waals surface area contributed by atoms with Crippen molar-refractivity contribution in [3.05, 3.63) is 23.0 Å².